The molecule has 0 saturated carbocycles. The third-order valence-electron chi connectivity index (χ3n) is 1.69. The molecule has 0 saturated heterocycles. The highest BCUT2D eigenvalue weighted by atomic mass is 32.2. The fraction of sp³-hybridized carbons (Fsp3) is 0.111. The van der Waals surface area contributed by atoms with Crippen molar-refractivity contribution in [3.05, 3.63) is 35.7 Å². The Morgan fingerprint density at radius 2 is 2.14 bits per heavy atom. The Hall–Kier alpha value is -1.49. The predicted octanol–water partition coefficient (Wildman–Crippen LogP) is 1.59. The van der Waals surface area contributed by atoms with E-state index in [1.807, 2.05) is 0 Å². The Morgan fingerprint density at radius 1 is 1.50 bits per heavy atom. The molecule has 0 unspecified atom stereocenters. The lowest BCUT2D eigenvalue weighted by molar-refractivity contribution is 0.475. The van der Waals surface area contributed by atoms with Crippen molar-refractivity contribution in [3.63, 3.8) is 0 Å². The van der Waals surface area contributed by atoms with Crippen LogP contribution in [0, 0.1) is 6.92 Å². The van der Waals surface area contributed by atoms with Crippen LogP contribution in [0.3, 0.4) is 0 Å². The van der Waals surface area contributed by atoms with Crippen LogP contribution in [0.25, 0.3) is 0 Å². The van der Waals surface area contributed by atoms with Crippen LogP contribution >= 0.6 is 0 Å². The molecule has 0 aromatic heterocycles. The average molecular weight is 213 g/mol. The molecule has 2 N–H and O–H groups in total. The first-order chi connectivity index (χ1) is 6.44. The second kappa shape index (κ2) is 3.71. The lowest BCUT2D eigenvalue weighted by atomic mass is 10.2. The Kier molecular flexibility index (Phi) is 2.81. The van der Waals surface area contributed by atoms with Crippen LogP contribution in [0.15, 0.2) is 30.2 Å². The third kappa shape index (κ3) is 2.50. The molecule has 5 heteroatoms. The summed E-state index contributed by atoms with van der Waals surface area (Å²) in [5.74, 6) is 0.0114. The molecule has 4 nitrogen and oxygen atoms in total. The highest BCUT2D eigenvalue weighted by Gasteiger charge is 2.06. The van der Waals surface area contributed by atoms with Crippen LogP contribution < -0.4 is 4.72 Å². The summed E-state index contributed by atoms with van der Waals surface area (Å²) in [6, 6.07) is 4.45. The zero-order chi connectivity index (χ0) is 10.8. The van der Waals surface area contributed by atoms with Crippen molar-refractivity contribution >= 4 is 15.7 Å². The molecule has 0 spiro atoms. The number of hydrogen-bond acceptors (Lipinski definition) is 3. The van der Waals surface area contributed by atoms with Gasteiger partial charge in [0, 0.05) is 11.5 Å². The minimum atomic E-state index is -3.51. The van der Waals surface area contributed by atoms with Crippen LogP contribution in [-0.2, 0) is 10.0 Å². The van der Waals surface area contributed by atoms with E-state index in [1.165, 1.54) is 12.1 Å². The van der Waals surface area contributed by atoms with Gasteiger partial charge in [0.05, 0.1) is 5.69 Å². The monoisotopic (exact) mass is 213 g/mol. The van der Waals surface area contributed by atoms with Gasteiger partial charge in [-0.3, -0.25) is 4.72 Å². The van der Waals surface area contributed by atoms with E-state index in [1.54, 1.807) is 13.0 Å². The SMILES string of the molecule is C=CS(=O)(=O)Nc1cc(O)ccc1C. The predicted molar refractivity (Wildman–Crippen MR) is 55.6 cm³/mol. The molecular formula is C9H11NO3S. The van der Waals surface area contributed by atoms with Gasteiger partial charge in [0.1, 0.15) is 5.75 Å². The molecule has 0 amide bonds. The van der Waals surface area contributed by atoms with Gasteiger partial charge in [-0.25, -0.2) is 8.42 Å². The quantitative estimate of drug-likeness (QED) is 0.801. The van der Waals surface area contributed by atoms with Crippen molar-refractivity contribution in [2.24, 2.45) is 0 Å². The summed E-state index contributed by atoms with van der Waals surface area (Å²) in [7, 11) is -3.51. The minimum absolute atomic E-state index is 0.0114. The number of anilines is 1. The highest BCUT2D eigenvalue weighted by molar-refractivity contribution is 7.95. The first-order valence-electron chi connectivity index (χ1n) is 3.89. The maximum atomic E-state index is 11.1. The van der Waals surface area contributed by atoms with Crippen molar-refractivity contribution in [1.82, 2.24) is 0 Å². The number of rotatable bonds is 3. The summed E-state index contributed by atoms with van der Waals surface area (Å²) >= 11 is 0. The van der Waals surface area contributed by atoms with Gasteiger partial charge in [-0.15, -0.1) is 0 Å². The largest absolute Gasteiger partial charge is 0.508 e. The van der Waals surface area contributed by atoms with Crippen molar-refractivity contribution < 1.29 is 13.5 Å². The van der Waals surface area contributed by atoms with E-state index in [0.717, 1.165) is 11.0 Å². The Labute approximate surface area is 82.9 Å². The number of benzene rings is 1. The van der Waals surface area contributed by atoms with Gasteiger partial charge >= 0.3 is 0 Å². The molecule has 0 fully saturated rings. The van der Waals surface area contributed by atoms with Gasteiger partial charge < -0.3 is 5.11 Å². The lowest BCUT2D eigenvalue weighted by Crippen LogP contribution is -2.09. The number of hydrogen-bond donors (Lipinski definition) is 2. The Bertz CT molecular complexity index is 451. The number of aryl methyl sites for hydroxylation is 1. The van der Waals surface area contributed by atoms with Gasteiger partial charge in [-0.2, -0.15) is 0 Å². The topological polar surface area (TPSA) is 66.4 Å². The van der Waals surface area contributed by atoms with Crippen LogP contribution in [0.2, 0.25) is 0 Å². The standard InChI is InChI=1S/C9H11NO3S/c1-3-14(12,13)10-9-6-8(11)5-4-7(9)2/h3-6,10-11H,1H2,2H3. The van der Waals surface area contributed by atoms with Crippen LogP contribution in [0.1, 0.15) is 5.56 Å². The van der Waals surface area contributed by atoms with E-state index in [0.29, 0.717) is 5.69 Å². The molecule has 14 heavy (non-hydrogen) atoms. The zero-order valence-electron chi connectivity index (χ0n) is 7.69. The van der Waals surface area contributed by atoms with Crippen molar-refractivity contribution in [1.29, 1.82) is 0 Å². The molecule has 1 aromatic rings. The summed E-state index contributed by atoms with van der Waals surface area (Å²) in [6.45, 7) is 4.90. The van der Waals surface area contributed by atoms with Crippen molar-refractivity contribution in [3.8, 4) is 5.75 Å². The van der Waals surface area contributed by atoms with Gasteiger partial charge in [0.15, 0.2) is 0 Å². The number of aromatic hydroxyl groups is 1. The number of phenols is 1. The molecule has 0 aliphatic heterocycles. The maximum absolute atomic E-state index is 11.1. The van der Waals surface area contributed by atoms with E-state index >= 15 is 0 Å². The molecule has 0 radical (unpaired) electrons. The minimum Gasteiger partial charge on any atom is -0.508 e. The third-order valence-corrected chi connectivity index (χ3v) is 2.64. The molecule has 1 aromatic carbocycles. The fourth-order valence-corrected chi connectivity index (χ4v) is 1.52. The zero-order valence-corrected chi connectivity index (χ0v) is 8.50. The second-order valence-corrected chi connectivity index (χ2v) is 4.44. The lowest BCUT2D eigenvalue weighted by Gasteiger charge is -2.07. The summed E-state index contributed by atoms with van der Waals surface area (Å²) in [4.78, 5) is 0. The van der Waals surface area contributed by atoms with Crippen LogP contribution in [0.4, 0.5) is 5.69 Å². The maximum Gasteiger partial charge on any atom is 0.254 e. The van der Waals surface area contributed by atoms with Crippen molar-refractivity contribution in [2.45, 2.75) is 6.92 Å². The molecule has 76 valence electrons. The Morgan fingerprint density at radius 3 is 2.71 bits per heavy atom. The summed E-state index contributed by atoms with van der Waals surface area (Å²) in [5, 5.41) is 9.96. The number of sulfonamides is 1. The van der Waals surface area contributed by atoms with E-state index in [2.05, 4.69) is 11.3 Å². The van der Waals surface area contributed by atoms with Crippen LogP contribution in [-0.4, -0.2) is 13.5 Å². The highest BCUT2D eigenvalue weighted by Crippen LogP contribution is 2.21. The molecule has 1 rings (SSSR count). The molecule has 0 atom stereocenters. The summed E-state index contributed by atoms with van der Waals surface area (Å²) in [5.41, 5.74) is 1.08. The van der Waals surface area contributed by atoms with Gasteiger partial charge in [0.25, 0.3) is 10.0 Å². The van der Waals surface area contributed by atoms with Crippen LogP contribution in [0.5, 0.6) is 5.75 Å². The number of phenolic OH excluding ortho intramolecular Hbond substituents is 1. The normalized spacial score (nSPS) is 10.9. The smallest absolute Gasteiger partial charge is 0.254 e. The van der Waals surface area contributed by atoms with E-state index in [9.17, 15) is 8.42 Å². The number of nitrogens with one attached hydrogen (secondary N) is 1. The molecule has 0 bridgehead atoms. The van der Waals surface area contributed by atoms with Gasteiger partial charge in [-0.1, -0.05) is 12.6 Å². The Balaban J connectivity index is 3.09. The first kappa shape index (κ1) is 10.6. The van der Waals surface area contributed by atoms with E-state index < -0.39 is 10.0 Å². The molecule has 0 aliphatic carbocycles. The summed E-state index contributed by atoms with van der Waals surface area (Å²) in [6.07, 6.45) is 0. The van der Waals surface area contributed by atoms with Gasteiger partial charge in [0.2, 0.25) is 0 Å². The second-order valence-electron chi connectivity index (χ2n) is 2.81. The average Bonchev–Trinajstić information content (AvgIpc) is 2.11. The first-order valence-corrected chi connectivity index (χ1v) is 5.44. The molecular weight excluding hydrogens is 202 g/mol. The van der Waals surface area contributed by atoms with E-state index in [-0.39, 0.29) is 5.75 Å². The molecule has 0 aliphatic rings. The molecule has 0 heterocycles. The van der Waals surface area contributed by atoms with E-state index in [4.69, 9.17) is 5.11 Å². The fourth-order valence-electron chi connectivity index (χ4n) is 0.915. The summed E-state index contributed by atoms with van der Waals surface area (Å²) < 4.78 is 24.5. The van der Waals surface area contributed by atoms with Gasteiger partial charge in [-0.05, 0) is 18.6 Å². The van der Waals surface area contributed by atoms with Crippen molar-refractivity contribution in [2.75, 3.05) is 4.72 Å².